The highest BCUT2D eigenvalue weighted by atomic mass is 32.2. The normalized spacial score (nSPS) is 15.7. The van der Waals surface area contributed by atoms with Crippen LogP contribution >= 0.6 is 11.3 Å². The third kappa shape index (κ3) is 4.61. The van der Waals surface area contributed by atoms with Gasteiger partial charge in [-0.05, 0) is 25.0 Å². The van der Waals surface area contributed by atoms with Gasteiger partial charge in [0.15, 0.2) is 0 Å². The summed E-state index contributed by atoms with van der Waals surface area (Å²) in [5.41, 5.74) is 1.75. The van der Waals surface area contributed by atoms with Crippen LogP contribution in [0.3, 0.4) is 0 Å². The number of rotatable bonds is 6. The average molecular weight is 443 g/mol. The Morgan fingerprint density at radius 1 is 1.03 bits per heavy atom. The lowest BCUT2D eigenvalue weighted by molar-refractivity contribution is -0.151. The van der Waals surface area contributed by atoms with Gasteiger partial charge in [0.2, 0.25) is 10.0 Å². The van der Waals surface area contributed by atoms with Crippen LogP contribution in [-0.2, 0) is 26.2 Å². The molecule has 1 saturated heterocycles. The minimum Gasteiger partial charge on any atom is -0.459 e. The van der Waals surface area contributed by atoms with Crippen LogP contribution in [0.2, 0.25) is 0 Å². The summed E-state index contributed by atoms with van der Waals surface area (Å²) in [6, 6.07) is 18.2. The van der Waals surface area contributed by atoms with Crippen molar-refractivity contribution in [3.8, 4) is 10.6 Å². The SMILES string of the molecule is O=C(OCc1csc(-c2ccccc2)n1)C1CCN(S(=O)(=O)c2ccccc2)CC1. The molecule has 0 spiro atoms. The molecule has 1 aromatic heterocycles. The summed E-state index contributed by atoms with van der Waals surface area (Å²) in [6.45, 7) is 0.752. The molecule has 0 bridgehead atoms. The maximum absolute atomic E-state index is 12.7. The first-order valence-corrected chi connectivity index (χ1v) is 12.1. The summed E-state index contributed by atoms with van der Waals surface area (Å²) in [4.78, 5) is 17.3. The standard InChI is InChI=1S/C22H22N2O4S2/c25-22(28-15-19-16-29-21(23-19)17-7-3-1-4-8-17)18-11-13-24(14-12-18)30(26,27)20-9-5-2-6-10-20/h1-10,16,18H,11-15H2. The van der Waals surface area contributed by atoms with Crippen LogP contribution in [0, 0.1) is 5.92 Å². The zero-order valence-electron chi connectivity index (χ0n) is 16.3. The Hall–Kier alpha value is -2.55. The van der Waals surface area contributed by atoms with E-state index in [4.69, 9.17) is 4.74 Å². The molecule has 2 heterocycles. The fourth-order valence-corrected chi connectivity index (χ4v) is 5.72. The third-order valence-corrected chi connectivity index (χ3v) is 7.96. The fraction of sp³-hybridized carbons (Fsp3) is 0.273. The van der Waals surface area contributed by atoms with Gasteiger partial charge in [0.05, 0.1) is 16.5 Å². The van der Waals surface area contributed by atoms with Crippen molar-refractivity contribution in [2.24, 2.45) is 5.92 Å². The molecule has 8 heteroatoms. The molecule has 4 rings (SSSR count). The smallest absolute Gasteiger partial charge is 0.309 e. The van der Waals surface area contributed by atoms with Crippen molar-refractivity contribution in [1.82, 2.24) is 9.29 Å². The Kier molecular flexibility index (Phi) is 6.26. The van der Waals surface area contributed by atoms with Crippen molar-refractivity contribution < 1.29 is 17.9 Å². The second kappa shape index (κ2) is 9.07. The number of aromatic nitrogens is 1. The van der Waals surface area contributed by atoms with E-state index in [1.165, 1.54) is 15.6 Å². The average Bonchev–Trinajstić information content (AvgIpc) is 3.28. The maximum atomic E-state index is 12.7. The monoisotopic (exact) mass is 442 g/mol. The van der Waals surface area contributed by atoms with Crippen molar-refractivity contribution in [3.63, 3.8) is 0 Å². The van der Waals surface area contributed by atoms with Gasteiger partial charge < -0.3 is 4.74 Å². The summed E-state index contributed by atoms with van der Waals surface area (Å²) >= 11 is 1.52. The predicted molar refractivity (Wildman–Crippen MR) is 115 cm³/mol. The summed E-state index contributed by atoms with van der Waals surface area (Å²) in [5, 5.41) is 2.78. The van der Waals surface area contributed by atoms with Crippen molar-refractivity contribution in [1.29, 1.82) is 0 Å². The molecular formula is C22H22N2O4S2. The first-order valence-electron chi connectivity index (χ1n) is 9.76. The number of sulfonamides is 1. The Labute approximate surface area is 180 Å². The minimum absolute atomic E-state index is 0.130. The van der Waals surface area contributed by atoms with E-state index in [1.54, 1.807) is 30.3 Å². The number of hydrogen-bond donors (Lipinski definition) is 0. The van der Waals surface area contributed by atoms with Gasteiger partial charge in [-0.3, -0.25) is 4.79 Å². The molecule has 0 amide bonds. The Morgan fingerprint density at radius 3 is 2.33 bits per heavy atom. The molecule has 0 atom stereocenters. The Morgan fingerprint density at radius 2 is 1.67 bits per heavy atom. The van der Waals surface area contributed by atoms with E-state index in [0.29, 0.717) is 25.9 Å². The van der Waals surface area contributed by atoms with Crippen LogP contribution < -0.4 is 0 Å². The molecular weight excluding hydrogens is 420 g/mol. The van der Waals surface area contributed by atoms with Crippen LogP contribution in [0.5, 0.6) is 0 Å². The summed E-state index contributed by atoms with van der Waals surface area (Å²) in [7, 11) is -3.52. The predicted octanol–water partition coefficient (Wildman–Crippen LogP) is 3.95. The quantitative estimate of drug-likeness (QED) is 0.540. The van der Waals surface area contributed by atoms with Gasteiger partial charge in [-0.25, -0.2) is 13.4 Å². The Bertz CT molecular complexity index is 1090. The number of hydrogen-bond acceptors (Lipinski definition) is 6. The van der Waals surface area contributed by atoms with Crippen molar-refractivity contribution in [2.45, 2.75) is 24.3 Å². The molecule has 6 nitrogen and oxygen atoms in total. The zero-order chi connectivity index (χ0) is 21.0. The number of ether oxygens (including phenoxy) is 1. The summed E-state index contributed by atoms with van der Waals surface area (Å²) < 4.78 is 32.3. The zero-order valence-corrected chi connectivity index (χ0v) is 17.9. The van der Waals surface area contributed by atoms with Crippen molar-refractivity contribution >= 4 is 27.3 Å². The van der Waals surface area contributed by atoms with E-state index >= 15 is 0 Å². The largest absolute Gasteiger partial charge is 0.459 e. The van der Waals surface area contributed by atoms with E-state index in [2.05, 4.69) is 4.98 Å². The van der Waals surface area contributed by atoms with Gasteiger partial charge in [0, 0.05) is 24.0 Å². The molecule has 0 radical (unpaired) electrons. The first kappa shape index (κ1) is 20.7. The number of carbonyl (C=O) groups is 1. The number of benzene rings is 2. The molecule has 2 aromatic carbocycles. The molecule has 30 heavy (non-hydrogen) atoms. The van der Waals surface area contributed by atoms with E-state index in [9.17, 15) is 13.2 Å². The number of esters is 1. The molecule has 0 N–H and O–H groups in total. The lowest BCUT2D eigenvalue weighted by Crippen LogP contribution is -2.40. The summed E-state index contributed by atoms with van der Waals surface area (Å²) in [6.07, 6.45) is 0.911. The van der Waals surface area contributed by atoms with Gasteiger partial charge >= 0.3 is 5.97 Å². The number of nitrogens with zero attached hydrogens (tertiary/aromatic N) is 2. The first-order chi connectivity index (χ1) is 14.5. The fourth-order valence-electron chi connectivity index (χ4n) is 3.42. The molecule has 0 aliphatic carbocycles. The van der Waals surface area contributed by atoms with Gasteiger partial charge in [0.25, 0.3) is 0 Å². The van der Waals surface area contributed by atoms with Crippen molar-refractivity contribution in [3.05, 3.63) is 71.7 Å². The van der Waals surface area contributed by atoms with Gasteiger partial charge in [-0.1, -0.05) is 48.5 Å². The topological polar surface area (TPSA) is 76.6 Å². The van der Waals surface area contributed by atoms with Crippen LogP contribution in [-0.4, -0.2) is 36.8 Å². The molecule has 0 unspecified atom stereocenters. The number of carbonyl (C=O) groups excluding carboxylic acids is 1. The number of thiazole rings is 1. The summed E-state index contributed by atoms with van der Waals surface area (Å²) in [5.74, 6) is -0.583. The third-order valence-electron chi connectivity index (χ3n) is 5.10. The van der Waals surface area contributed by atoms with Gasteiger partial charge in [-0.2, -0.15) is 4.31 Å². The molecule has 3 aromatic rings. The van der Waals surface area contributed by atoms with Gasteiger partial charge in [0.1, 0.15) is 11.6 Å². The van der Waals surface area contributed by atoms with Crippen LogP contribution in [0.15, 0.2) is 70.9 Å². The lowest BCUT2D eigenvalue weighted by atomic mass is 9.98. The van der Waals surface area contributed by atoms with Crippen molar-refractivity contribution in [2.75, 3.05) is 13.1 Å². The van der Waals surface area contributed by atoms with Crippen LogP contribution in [0.4, 0.5) is 0 Å². The van der Waals surface area contributed by atoms with Crippen LogP contribution in [0.25, 0.3) is 10.6 Å². The minimum atomic E-state index is -3.52. The molecule has 0 saturated carbocycles. The van der Waals surface area contributed by atoms with E-state index in [-0.39, 0.29) is 23.4 Å². The number of piperidine rings is 1. The van der Waals surface area contributed by atoms with E-state index in [1.807, 2.05) is 35.7 Å². The highest BCUT2D eigenvalue weighted by Crippen LogP contribution is 2.26. The Balaban J connectivity index is 1.29. The highest BCUT2D eigenvalue weighted by Gasteiger charge is 2.32. The maximum Gasteiger partial charge on any atom is 0.309 e. The molecule has 156 valence electrons. The second-order valence-electron chi connectivity index (χ2n) is 7.11. The van der Waals surface area contributed by atoms with Crippen LogP contribution in [0.1, 0.15) is 18.5 Å². The highest BCUT2D eigenvalue weighted by molar-refractivity contribution is 7.89. The van der Waals surface area contributed by atoms with Gasteiger partial charge in [-0.15, -0.1) is 11.3 Å². The molecule has 1 aliphatic rings. The van der Waals surface area contributed by atoms with E-state index in [0.717, 1.165) is 16.3 Å². The lowest BCUT2D eigenvalue weighted by Gasteiger charge is -2.30. The molecule has 1 fully saturated rings. The second-order valence-corrected chi connectivity index (χ2v) is 9.91. The molecule has 1 aliphatic heterocycles. The van der Waals surface area contributed by atoms with E-state index < -0.39 is 10.0 Å².